The average molecular weight is 588 g/mol. The van der Waals surface area contributed by atoms with Crippen LogP contribution in [0.1, 0.15) is 36.1 Å². The molecule has 0 unspecified atom stereocenters. The Balaban J connectivity index is 1.33. The number of halogens is 2. The van der Waals surface area contributed by atoms with Gasteiger partial charge in [-0.25, -0.2) is 8.78 Å². The van der Waals surface area contributed by atoms with Gasteiger partial charge in [0.15, 0.2) is 0 Å². The molecule has 0 bridgehead atoms. The highest BCUT2D eigenvalue weighted by Gasteiger charge is 2.48. The number of nitrogens with zero attached hydrogens (tertiary/aromatic N) is 1. The number of amides is 1. The predicted molar refractivity (Wildman–Crippen MR) is 147 cm³/mol. The van der Waals surface area contributed by atoms with Crippen molar-refractivity contribution in [3.05, 3.63) is 95.6 Å². The lowest BCUT2D eigenvalue weighted by Crippen LogP contribution is -2.57. The molecule has 3 aromatic rings. The van der Waals surface area contributed by atoms with Gasteiger partial charge in [-0.1, -0.05) is 36.0 Å². The highest BCUT2D eigenvalue weighted by atomic mass is 32.2. The maximum Gasteiger partial charge on any atom is 0.233 e. The van der Waals surface area contributed by atoms with E-state index in [1.807, 2.05) is 12.1 Å². The molecule has 2 heterocycles. The fraction of sp³-hybridized carbons (Fsp3) is 0.367. The molecule has 0 aliphatic carbocycles. The van der Waals surface area contributed by atoms with E-state index >= 15 is 0 Å². The molecular formula is C30H31F2NO7S. The van der Waals surface area contributed by atoms with Gasteiger partial charge in [-0.15, -0.1) is 0 Å². The molecule has 8 nitrogen and oxygen atoms in total. The van der Waals surface area contributed by atoms with Gasteiger partial charge in [-0.3, -0.25) is 4.79 Å². The summed E-state index contributed by atoms with van der Waals surface area (Å²) in [7, 11) is 0. The number of aliphatic hydroxyl groups excluding tert-OH is 5. The van der Waals surface area contributed by atoms with Crippen molar-refractivity contribution in [1.29, 1.82) is 0 Å². The standard InChI is InChI=1S/C30H31F2NO7S/c31-18-5-1-16(2-6-18)23(35)14-13-22-25(33(29(22)39)20-9-7-19(32)8-10-20)17-3-11-21(12-4-17)41-30-28(38)27(37)26(36)24(15-34)40-30/h1-12,22-28,30,34-38H,13-15H2/t22-,23+,24-,25-,26-,27+,28-,30+/m1/s1. The molecule has 0 radical (unpaired) electrons. The summed E-state index contributed by atoms with van der Waals surface area (Å²) < 4.78 is 32.5. The van der Waals surface area contributed by atoms with E-state index in [0.29, 0.717) is 22.6 Å². The van der Waals surface area contributed by atoms with E-state index in [4.69, 9.17) is 4.74 Å². The highest BCUT2D eigenvalue weighted by molar-refractivity contribution is 7.99. The summed E-state index contributed by atoms with van der Waals surface area (Å²) in [6.07, 6.45) is -5.55. The van der Waals surface area contributed by atoms with Crippen molar-refractivity contribution in [3.8, 4) is 0 Å². The molecule has 2 saturated heterocycles. The monoisotopic (exact) mass is 587 g/mol. The van der Waals surface area contributed by atoms with Crippen LogP contribution in [0.25, 0.3) is 0 Å². The van der Waals surface area contributed by atoms with Crippen LogP contribution >= 0.6 is 11.8 Å². The van der Waals surface area contributed by atoms with Gasteiger partial charge < -0.3 is 35.2 Å². The fourth-order valence-electron chi connectivity index (χ4n) is 5.33. The Hall–Kier alpha value is -2.90. The molecule has 0 aromatic heterocycles. The molecule has 1 amide bonds. The van der Waals surface area contributed by atoms with Gasteiger partial charge in [0.2, 0.25) is 5.91 Å². The van der Waals surface area contributed by atoms with Crippen molar-refractivity contribution in [2.24, 2.45) is 5.92 Å². The van der Waals surface area contributed by atoms with Crippen LogP contribution in [0, 0.1) is 17.6 Å². The highest BCUT2D eigenvalue weighted by Crippen LogP contribution is 2.47. The normalized spacial score (nSPS) is 28.8. The molecule has 218 valence electrons. The van der Waals surface area contributed by atoms with Crippen molar-refractivity contribution < 1.29 is 43.8 Å². The van der Waals surface area contributed by atoms with Crippen LogP contribution in [0.5, 0.6) is 0 Å². The zero-order chi connectivity index (χ0) is 29.3. The first-order valence-electron chi connectivity index (χ1n) is 13.3. The smallest absolute Gasteiger partial charge is 0.233 e. The van der Waals surface area contributed by atoms with Crippen molar-refractivity contribution in [1.82, 2.24) is 0 Å². The quantitative estimate of drug-likeness (QED) is 0.242. The summed E-state index contributed by atoms with van der Waals surface area (Å²) in [6.45, 7) is -0.521. The number of ether oxygens (including phenoxy) is 1. The molecule has 11 heteroatoms. The van der Waals surface area contributed by atoms with Crippen LogP contribution in [0.3, 0.4) is 0 Å². The van der Waals surface area contributed by atoms with E-state index in [9.17, 15) is 39.1 Å². The fourth-order valence-corrected chi connectivity index (χ4v) is 6.39. The lowest BCUT2D eigenvalue weighted by molar-refractivity contribution is -0.205. The van der Waals surface area contributed by atoms with Gasteiger partial charge in [0.1, 0.15) is 41.5 Å². The third-order valence-corrected chi connectivity index (χ3v) is 8.81. The molecule has 2 aliphatic rings. The summed E-state index contributed by atoms with van der Waals surface area (Å²) >= 11 is 1.12. The number of benzene rings is 3. The minimum atomic E-state index is -1.48. The van der Waals surface area contributed by atoms with Crippen LogP contribution in [-0.2, 0) is 9.53 Å². The van der Waals surface area contributed by atoms with Crippen LogP contribution < -0.4 is 4.90 Å². The van der Waals surface area contributed by atoms with E-state index in [1.54, 1.807) is 17.0 Å². The number of β-lactam (4-membered cyclic amide) rings is 1. The molecule has 41 heavy (non-hydrogen) atoms. The first kappa shape index (κ1) is 29.6. The van der Waals surface area contributed by atoms with Crippen molar-refractivity contribution >= 4 is 23.4 Å². The second-order valence-electron chi connectivity index (χ2n) is 10.3. The van der Waals surface area contributed by atoms with Gasteiger partial charge in [0.25, 0.3) is 0 Å². The predicted octanol–water partition coefficient (Wildman–Crippen LogP) is 3.07. The van der Waals surface area contributed by atoms with E-state index in [-0.39, 0.29) is 18.4 Å². The topological polar surface area (TPSA) is 131 Å². The first-order chi connectivity index (χ1) is 19.7. The molecular weight excluding hydrogens is 556 g/mol. The minimum absolute atomic E-state index is 0.160. The number of carbonyl (C=O) groups is 1. The van der Waals surface area contributed by atoms with E-state index < -0.39 is 60.1 Å². The van der Waals surface area contributed by atoms with Gasteiger partial charge in [0.05, 0.1) is 24.7 Å². The number of anilines is 1. The van der Waals surface area contributed by atoms with E-state index in [0.717, 1.165) is 17.3 Å². The lowest BCUT2D eigenvalue weighted by Gasteiger charge is -2.48. The second-order valence-corrected chi connectivity index (χ2v) is 11.4. The van der Waals surface area contributed by atoms with Crippen LogP contribution in [0.4, 0.5) is 14.5 Å². The minimum Gasteiger partial charge on any atom is -0.394 e. The number of hydrogen-bond acceptors (Lipinski definition) is 8. The Morgan fingerprint density at radius 3 is 2.07 bits per heavy atom. The Morgan fingerprint density at radius 1 is 0.854 bits per heavy atom. The summed E-state index contributed by atoms with van der Waals surface area (Å²) in [6, 6.07) is 18.0. The number of rotatable bonds is 9. The number of carbonyl (C=O) groups excluding carboxylic acids is 1. The molecule has 5 rings (SSSR count). The zero-order valence-corrected chi connectivity index (χ0v) is 22.6. The maximum atomic E-state index is 13.6. The van der Waals surface area contributed by atoms with Crippen molar-refractivity contribution in [3.63, 3.8) is 0 Å². The summed E-state index contributed by atoms with van der Waals surface area (Å²) in [5, 5.41) is 50.6. The van der Waals surface area contributed by atoms with Gasteiger partial charge in [-0.05, 0) is 72.5 Å². The Labute approximate surface area is 239 Å². The van der Waals surface area contributed by atoms with Crippen LogP contribution in [0.15, 0.2) is 77.7 Å². The average Bonchev–Trinajstić information content (AvgIpc) is 2.98. The Morgan fingerprint density at radius 2 is 1.46 bits per heavy atom. The third-order valence-electron chi connectivity index (χ3n) is 7.65. The lowest BCUT2D eigenvalue weighted by atomic mass is 9.78. The number of hydrogen-bond donors (Lipinski definition) is 5. The molecule has 3 aromatic carbocycles. The molecule has 0 spiro atoms. The molecule has 0 saturated carbocycles. The van der Waals surface area contributed by atoms with Gasteiger partial charge >= 0.3 is 0 Å². The number of aliphatic hydroxyl groups is 5. The van der Waals surface area contributed by atoms with Gasteiger partial charge in [-0.2, -0.15) is 0 Å². The first-order valence-corrected chi connectivity index (χ1v) is 14.1. The van der Waals surface area contributed by atoms with Crippen molar-refractivity contribution in [2.45, 2.75) is 59.7 Å². The summed E-state index contributed by atoms with van der Waals surface area (Å²) in [4.78, 5) is 15.6. The zero-order valence-electron chi connectivity index (χ0n) is 21.8. The van der Waals surface area contributed by atoms with E-state index in [2.05, 4.69) is 0 Å². The maximum absolute atomic E-state index is 13.6. The van der Waals surface area contributed by atoms with Crippen molar-refractivity contribution in [2.75, 3.05) is 11.5 Å². The van der Waals surface area contributed by atoms with Crippen LogP contribution in [0.2, 0.25) is 0 Å². The summed E-state index contributed by atoms with van der Waals surface area (Å²) in [5.41, 5.74) is 0.961. The Bertz CT molecular complexity index is 1330. The number of thioether (sulfide) groups is 1. The Kier molecular flexibility index (Phi) is 9.05. The van der Waals surface area contributed by atoms with Crippen LogP contribution in [-0.4, -0.2) is 67.9 Å². The molecule has 8 atom stereocenters. The van der Waals surface area contributed by atoms with E-state index in [1.165, 1.54) is 48.5 Å². The molecule has 5 N–H and O–H groups in total. The SMILES string of the molecule is O=C1[C@H](CC[C@H](O)c2ccc(F)cc2)[C@@H](c2ccc(S[C@@H]3O[C@H](CO)[C@@H](O)[C@H](O)[C@H]3O)cc2)N1c1ccc(F)cc1. The third kappa shape index (κ3) is 6.17. The van der Waals surface area contributed by atoms with Gasteiger partial charge in [0, 0.05) is 10.6 Å². The molecule has 2 fully saturated rings. The second kappa shape index (κ2) is 12.5. The molecule has 2 aliphatic heterocycles. The summed E-state index contributed by atoms with van der Waals surface area (Å²) in [5.74, 6) is -1.45. The largest absolute Gasteiger partial charge is 0.394 e.